The van der Waals surface area contributed by atoms with Gasteiger partial charge in [-0.05, 0) is 36.0 Å². The second-order valence-corrected chi connectivity index (χ2v) is 5.98. The molecule has 0 bridgehead atoms. The molecule has 1 fully saturated rings. The molecule has 0 spiro atoms. The van der Waals surface area contributed by atoms with Crippen molar-refractivity contribution in [1.29, 1.82) is 0 Å². The minimum atomic E-state index is -0.641. The van der Waals surface area contributed by atoms with E-state index in [2.05, 4.69) is 35.3 Å². The van der Waals surface area contributed by atoms with E-state index in [-0.39, 0.29) is 5.92 Å². The molecular formula is C16H22N2O2. The molecule has 20 heavy (non-hydrogen) atoms. The number of anilines is 1. The van der Waals surface area contributed by atoms with Crippen LogP contribution in [-0.4, -0.2) is 30.7 Å². The maximum atomic E-state index is 11.1. The van der Waals surface area contributed by atoms with E-state index in [1.54, 1.807) is 0 Å². The smallest absolute Gasteiger partial charge is 0.306 e. The lowest BCUT2D eigenvalue weighted by Crippen LogP contribution is -2.38. The summed E-state index contributed by atoms with van der Waals surface area (Å²) in [4.78, 5) is 13.4. The monoisotopic (exact) mass is 274 g/mol. The van der Waals surface area contributed by atoms with Crippen molar-refractivity contribution in [2.24, 2.45) is 5.92 Å². The average Bonchev–Trinajstić information content (AvgIpc) is 2.47. The molecule has 0 saturated carbocycles. The Hall–Kier alpha value is -1.55. The maximum Gasteiger partial charge on any atom is 0.306 e. The fourth-order valence-electron chi connectivity index (χ4n) is 3.49. The van der Waals surface area contributed by atoms with Crippen molar-refractivity contribution in [3.8, 4) is 0 Å². The number of benzene rings is 1. The zero-order valence-corrected chi connectivity index (χ0v) is 11.9. The third kappa shape index (κ3) is 2.40. The van der Waals surface area contributed by atoms with Gasteiger partial charge in [0.05, 0.1) is 5.92 Å². The van der Waals surface area contributed by atoms with Gasteiger partial charge >= 0.3 is 5.97 Å². The number of nitrogens with zero attached hydrogens (tertiary/aromatic N) is 1. The second-order valence-electron chi connectivity index (χ2n) is 5.98. The van der Waals surface area contributed by atoms with Crippen LogP contribution in [-0.2, 0) is 11.3 Å². The first-order valence-corrected chi connectivity index (χ1v) is 7.47. The third-order valence-corrected chi connectivity index (χ3v) is 4.62. The van der Waals surface area contributed by atoms with Gasteiger partial charge in [-0.3, -0.25) is 4.79 Å². The van der Waals surface area contributed by atoms with Crippen molar-refractivity contribution in [3.05, 3.63) is 29.3 Å². The Bertz CT molecular complexity index is 507. The molecule has 4 nitrogen and oxygen atoms in total. The first kappa shape index (κ1) is 13.4. The summed E-state index contributed by atoms with van der Waals surface area (Å²) in [5.41, 5.74) is 4.17. The van der Waals surface area contributed by atoms with Crippen molar-refractivity contribution < 1.29 is 9.90 Å². The summed E-state index contributed by atoms with van der Waals surface area (Å²) >= 11 is 0. The molecule has 0 aliphatic carbocycles. The summed E-state index contributed by atoms with van der Waals surface area (Å²) in [7, 11) is 0. The van der Waals surface area contributed by atoms with E-state index in [1.807, 2.05) is 0 Å². The molecule has 1 aromatic rings. The molecule has 0 radical (unpaired) electrons. The summed E-state index contributed by atoms with van der Waals surface area (Å²) < 4.78 is 0. The Morgan fingerprint density at radius 1 is 1.35 bits per heavy atom. The fraction of sp³-hybridized carbons (Fsp3) is 0.562. The number of carbonyl (C=O) groups is 1. The highest BCUT2D eigenvalue weighted by Gasteiger charge is 2.27. The van der Waals surface area contributed by atoms with Gasteiger partial charge < -0.3 is 15.3 Å². The Labute approximate surface area is 119 Å². The van der Waals surface area contributed by atoms with Crippen molar-refractivity contribution >= 4 is 11.7 Å². The summed E-state index contributed by atoms with van der Waals surface area (Å²) in [5, 5.41) is 12.5. The molecule has 108 valence electrons. The molecular weight excluding hydrogens is 252 g/mol. The minimum Gasteiger partial charge on any atom is -0.481 e. The highest BCUT2D eigenvalue weighted by Crippen LogP contribution is 2.35. The lowest BCUT2D eigenvalue weighted by molar-refractivity contribution is -0.142. The second kappa shape index (κ2) is 5.44. The summed E-state index contributed by atoms with van der Waals surface area (Å²) in [6.07, 6.45) is 1.51. The van der Waals surface area contributed by atoms with Crippen LogP contribution in [0.25, 0.3) is 0 Å². The maximum absolute atomic E-state index is 11.1. The van der Waals surface area contributed by atoms with Gasteiger partial charge in [0.15, 0.2) is 0 Å². The van der Waals surface area contributed by atoms with E-state index < -0.39 is 5.97 Å². The van der Waals surface area contributed by atoms with E-state index in [4.69, 9.17) is 5.11 Å². The van der Waals surface area contributed by atoms with Crippen molar-refractivity contribution in [1.82, 2.24) is 5.32 Å². The zero-order valence-electron chi connectivity index (χ0n) is 11.9. The van der Waals surface area contributed by atoms with E-state index in [9.17, 15) is 4.79 Å². The number of rotatable bonds is 2. The molecule has 4 heteroatoms. The number of fused-ring (bicyclic) bond motifs is 1. The van der Waals surface area contributed by atoms with E-state index in [0.29, 0.717) is 5.92 Å². The topological polar surface area (TPSA) is 52.6 Å². The van der Waals surface area contributed by atoms with Crippen LogP contribution >= 0.6 is 0 Å². The number of carboxylic acids is 1. The van der Waals surface area contributed by atoms with Gasteiger partial charge in [-0.15, -0.1) is 0 Å². The summed E-state index contributed by atoms with van der Waals surface area (Å²) in [6, 6.07) is 6.52. The average molecular weight is 274 g/mol. The Morgan fingerprint density at radius 3 is 2.80 bits per heavy atom. The van der Waals surface area contributed by atoms with Crippen molar-refractivity contribution in [3.63, 3.8) is 0 Å². The van der Waals surface area contributed by atoms with Crippen LogP contribution in [0.2, 0.25) is 0 Å². The van der Waals surface area contributed by atoms with Crippen LogP contribution in [0, 0.1) is 5.92 Å². The Balaban J connectivity index is 1.83. The summed E-state index contributed by atoms with van der Waals surface area (Å²) in [5.74, 6) is -0.283. The van der Waals surface area contributed by atoms with Crippen LogP contribution in [0.5, 0.6) is 0 Å². The lowest BCUT2D eigenvalue weighted by atomic mass is 9.89. The Morgan fingerprint density at radius 2 is 2.10 bits per heavy atom. The number of hydrogen-bond acceptors (Lipinski definition) is 3. The van der Waals surface area contributed by atoms with Crippen LogP contribution < -0.4 is 10.2 Å². The molecule has 0 aromatic heterocycles. The van der Waals surface area contributed by atoms with E-state index >= 15 is 0 Å². The number of nitrogens with one attached hydrogen (secondary N) is 1. The first-order valence-electron chi connectivity index (χ1n) is 7.47. The van der Waals surface area contributed by atoms with Crippen molar-refractivity contribution in [2.45, 2.75) is 32.2 Å². The number of hydrogen-bond donors (Lipinski definition) is 2. The SMILES string of the molecule is CC1CNCc2cccc(N3CCC(C(=O)O)CC3)c21. The fourth-order valence-corrected chi connectivity index (χ4v) is 3.49. The predicted octanol–water partition coefficient (Wildman–Crippen LogP) is 2.19. The quantitative estimate of drug-likeness (QED) is 0.868. The van der Waals surface area contributed by atoms with Gasteiger partial charge in [0.2, 0.25) is 0 Å². The largest absolute Gasteiger partial charge is 0.481 e. The molecule has 3 rings (SSSR count). The molecule has 1 unspecified atom stereocenters. The van der Waals surface area contributed by atoms with Gasteiger partial charge in [-0.25, -0.2) is 0 Å². The van der Waals surface area contributed by atoms with Crippen molar-refractivity contribution in [2.75, 3.05) is 24.5 Å². The summed E-state index contributed by atoms with van der Waals surface area (Å²) in [6.45, 7) is 5.94. The van der Waals surface area contributed by atoms with Gasteiger partial charge in [0.1, 0.15) is 0 Å². The molecule has 1 atom stereocenters. The normalized spacial score (nSPS) is 23.4. The molecule has 0 amide bonds. The molecule has 1 saturated heterocycles. The van der Waals surface area contributed by atoms with Crippen LogP contribution in [0.15, 0.2) is 18.2 Å². The minimum absolute atomic E-state index is 0.162. The Kier molecular flexibility index (Phi) is 3.66. The number of piperidine rings is 1. The molecule has 2 aliphatic heterocycles. The van der Waals surface area contributed by atoms with Gasteiger partial charge in [0, 0.05) is 31.9 Å². The predicted molar refractivity (Wildman–Crippen MR) is 79.1 cm³/mol. The highest BCUT2D eigenvalue weighted by molar-refractivity contribution is 5.70. The molecule has 1 aromatic carbocycles. The van der Waals surface area contributed by atoms with Crippen LogP contribution in [0.3, 0.4) is 0 Å². The van der Waals surface area contributed by atoms with E-state index in [0.717, 1.165) is 39.0 Å². The molecule has 2 heterocycles. The zero-order chi connectivity index (χ0) is 14.1. The molecule has 2 N–H and O–H groups in total. The van der Waals surface area contributed by atoms with Gasteiger partial charge in [-0.2, -0.15) is 0 Å². The van der Waals surface area contributed by atoms with Crippen LogP contribution in [0.1, 0.15) is 36.8 Å². The standard InChI is InChI=1S/C16H22N2O2/c1-11-9-17-10-13-3-2-4-14(15(11)13)18-7-5-12(6-8-18)16(19)20/h2-4,11-12,17H,5-10H2,1H3,(H,19,20). The van der Waals surface area contributed by atoms with Gasteiger partial charge in [-0.1, -0.05) is 19.1 Å². The third-order valence-electron chi connectivity index (χ3n) is 4.62. The lowest BCUT2D eigenvalue weighted by Gasteiger charge is -2.36. The van der Waals surface area contributed by atoms with Crippen LogP contribution in [0.4, 0.5) is 5.69 Å². The van der Waals surface area contributed by atoms with Gasteiger partial charge in [0.25, 0.3) is 0 Å². The number of aliphatic carboxylic acids is 1. The number of carboxylic acid groups (broad SMARTS) is 1. The molecule has 2 aliphatic rings. The first-order chi connectivity index (χ1) is 9.66. The highest BCUT2D eigenvalue weighted by atomic mass is 16.4. The van der Waals surface area contributed by atoms with E-state index in [1.165, 1.54) is 16.8 Å².